The van der Waals surface area contributed by atoms with Crippen molar-refractivity contribution in [1.82, 2.24) is 10.2 Å². The third-order valence-corrected chi connectivity index (χ3v) is 6.74. The number of imide groups is 1. The summed E-state index contributed by atoms with van der Waals surface area (Å²) in [6.07, 6.45) is 8.56. The third kappa shape index (κ3) is 4.61. The van der Waals surface area contributed by atoms with E-state index < -0.39 is 29.8 Å². The fourth-order valence-corrected chi connectivity index (χ4v) is 4.96. The molecule has 8 nitrogen and oxygen atoms in total. The molecule has 32 heavy (non-hydrogen) atoms. The summed E-state index contributed by atoms with van der Waals surface area (Å²) in [5.74, 6) is -1.88. The van der Waals surface area contributed by atoms with Crippen LogP contribution in [0.5, 0.6) is 0 Å². The van der Waals surface area contributed by atoms with Crippen molar-refractivity contribution in [2.45, 2.75) is 69.7 Å². The van der Waals surface area contributed by atoms with E-state index in [9.17, 15) is 23.6 Å². The Hall–Kier alpha value is -2.97. The standard InChI is InChI=1S/C23H29FN4O4/c24-17-10-9-16(13-18(17)26-20(30)15-7-3-1-4-8-15)25-19(29)14-28-21(31)23(27-22(28)32)11-5-2-6-12-23/h9-10,13,15H,1-8,11-12,14H2,(H,25,29)(H,26,30)(H,27,32). The Kier molecular flexibility index (Phi) is 6.43. The average Bonchev–Trinajstić information content (AvgIpc) is 3.01. The number of nitrogens with one attached hydrogen (secondary N) is 3. The zero-order chi connectivity index (χ0) is 22.7. The second kappa shape index (κ2) is 9.26. The highest BCUT2D eigenvalue weighted by Gasteiger charge is 2.51. The molecule has 3 N–H and O–H groups in total. The lowest BCUT2D eigenvalue weighted by molar-refractivity contribution is -0.134. The number of nitrogens with zero attached hydrogens (tertiary/aromatic N) is 1. The van der Waals surface area contributed by atoms with Gasteiger partial charge in [0.1, 0.15) is 17.9 Å². The molecule has 0 bridgehead atoms. The van der Waals surface area contributed by atoms with Crippen molar-refractivity contribution in [1.29, 1.82) is 0 Å². The number of carbonyl (C=O) groups excluding carboxylic acids is 4. The molecular weight excluding hydrogens is 415 g/mol. The fraction of sp³-hybridized carbons (Fsp3) is 0.565. The summed E-state index contributed by atoms with van der Waals surface area (Å²) in [7, 11) is 0. The second-order valence-electron chi connectivity index (χ2n) is 9.03. The van der Waals surface area contributed by atoms with Crippen LogP contribution in [0.2, 0.25) is 0 Å². The van der Waals surface area contributed by atoms with Crippen LogP contribution in [0, 0.1) is 11.7 Å². The van der Waals surface area contributed by atoms with Crippen molar-refractivity contribution in [3.63, 3.8) is 0 Å². The fourth-order valence-electron chi connectivity index (χ4n) is 4.96. The van der Waals surface area contributed by atoms with Gasteiger partial charge in [-0.1, -0.05) is 38.5 Å². The lowest BCUT2D eigenvalue weighted by atomic mass is 9.82. The van der Waals surface area contributed by atoms with Gasteiger partial charge in [0.25, 0.3) is 5.91 Å². The Morgan fingerprint density at radius 3 is 2.44 bits per heavy atom. The summed E-state index contributed by atoms with van der Waals surface area (Å²) in [6, 6.07) is 3.32. The van der Waals surface area contributed by atoms with E-state index in [0.717, 1.165) is 62.3 Å². The maximum Gasteiger partial charge on any atom is 0.325 e. The molecule has 0 atom stereocenters. The summed E-state index contributed by atoms with van der Waals surface area (Å²) < 4.78 is 14.2. The third-order valence-electron chi connectivity index (χ3n) is 6.74. The van der Waals surface area contributed by atoms with Crippen molar-refractivity contribution in [2.24, 2.45) is 5.92 Å². The zero-order valence-corrected chi connectivity index (χ0v) is 18.0. The highest BCUT2D eigenvalue weighted by atomic mass is 19.1. The topological polar surface area (TPSA) is 108 Å². The largest absolute Gasteiger partial charge is 0.325 e. The van der Waals surface area contributed by atoms with Gasteiger partial charge in [-0.3, -0.25) is 19.3 Å². The summed E-state index contributed by atoms with van der Waals surface area (Å²) in [6.45, 7) is -0.423. The van der Waals surface area contributed by atoms with Gasteiger partial charge in [0.05, 0.1) is 5.69 Å². The molecule has 4 rings (SSSR count). The maximum atomic E-state index is 14.2. The normalized spacial score (nSPS) is 20.8. The molecule has 1 aromatic carbocycles. The Morgan fingerprint density at radius 2 is 1.72 bits per heavy atom. The van der Waals surface area contributed by atoms with Crippen molar-refractivity contribution in [3.05, 3.63) is 24.0 Å². The molecule has 1 aliphatic heterocycles. The SMILES string of the molecule is O=C(CN1C(=O)NC2(CCCCC2)C1=O)Nc1ccc(F)c(NC(=O)C2CCCCC2)c1. The van der Waals surface area contributed by atoms with Crippen LogP contribution in [0.15, 0.2) is 18.2 Å². The van der Waals surface area contributed by atoms with Gasteiger partial charge in [-0.25, -0.2) is 9.18 Å². The Bertz CT molecular complexity index is 923. The van der Waals surface area contributed by atoms with Gasteiger partial charge >= 0.3 is 6.03 Å². The second-order valence-corrected chi connectivity index (χ2v) is 9.03. The quantitative estimate of drug-likeness (QED) is 0.604. The van der Waals surface area contributed by atoms with Crippen molar-refractivity contribution in [3.8, 4) is 0 Å². The smallest absolute Gasteiger partial charge is 0.324 e. The van der Waals surface area contributed by atoms with E-state index in [4.69, 9.17) is 0 Å². The first-order valence-electron chi connectivity index (χ1n) is 11.4. The number of benzene rings is 1. The molecule has 0 aromatic heterocycles. The van der Waals surface area contributed by atoms with Crippen LogP contribution in [-0.4, -0.2) is 40.7 Å². The number of hydrogen-bond donors (Lipinski definition) is 3. The Balaban J connectivity index is 1.38. The molecule has 3 aliphatic rings. The minimum atomic E-state index is -0.887. The Labute approximate surface area is 186 Å². The van der Waals surface area contributed by atoms with Crippen molar-refractivity contribution < 1.29 is 23.6 Å². The molecule has 1 heterocycles. The summed E-state index contributed by atoms with van der Waals surface area (Å²) in [5.41, 5.74) is -0.619. The maximum absolute atomic E-state index is 14.2. The molecule has 1 aromatic rings. The van der Waals surface area contributed by atoms with E-state index in [1.165, 1.54) is 12.1 Å². The molecule has 0 radical (unpaired) electrons. The van der Waals surface area contributed by atoms with Gasteiger partial charge in [-0.05, 0) is 43.9 Å². The van der Waals surface area contributed by atoms with Gasteiger partial charge in [-0.15, -0.1) is 0 Å². The average molecular weight is 445 g/mol. The van der Waals surface area contributed by atoms with E-state index in [1.54, 1.807) is 0 Å². The van der Waals surface area contributed by atoms with Crippen molar-refractivity contribution >= 4 is 35.1 Å². The van der Waals surface area contributed by atoms with Crippen LogP contribution in [0.1, 0.15) is 64.2 Å². The highest BCUT2D eigenvalue weighted by Crippen LogP contribution is 2.33. The predicted octanol–water partition coefficient (Wildman–Crippen LogP) is 3.54. The van der Waals surface area contributed by atoms with E-state index >= 15 is 0 Å². The minimum Gasteiger partial charge on any atom is -0.324 e. The lowest BCUT2D eigenvalue weighted by Crippen LogP contribution is -2.48. The van der Waals surface area contributed by atoms with E-state index in [0.29, 0.717) is 12.8 Å². The highest BCUT2D eigenvalue weighted by molar-refractivity contribution is 6.10. The number of halogens is 1. The molecule has 1 spiro atoms. The molecule has 5 amide bonds. The number of anilines is 2. The van der Waals surface area contributed by atoms with Gasteiger partial charge in [0.15, 0.2) is 0 Å². The number of hydrogen-bond acceptors (Lipinski definition) is 4. The van der Waals surface area contributed by atoms with Crippen molar-refractivity contribution in [2.75, 3.05) is 17.2 Å². The van der Waals surface area contributed by atoms with Crippen LogP contribution < -0.4 is 16.0 Å². The summed E-state index contributed by atoms with van der Waals surface area (Å²) in [4.78, 5) is 51.1. The molecule has 172 valence electrons. The number of carbonyl (C=O) groups is 4. The molecule has 2 saturated carbocycles. The monoisotopic (exact) mass is 444 g/mol. The lowest BCUT2D eigenvalue weighted by Gasteiger charge is -2.30. The molecular formula is C23H29FN4O4. The van der Waals surface area contributed by atoms with Crippen LogP contribution in [-0.2, 0) is 14.4 Å². The van der Waals surface area contributed by atoms with Gasteiger partial charge < -0.3 is 16.0 Å². The van der Waals surface area contributed by atoms with E-state index in [-0.39, 0.29) is 29.1 Å². The molecule has 2 aliphatic carbocycles. The minimum absolute atomic E-state index is 0.00507. The predicted molar refractivity (Wildman–Crippen MR) is 116 cm³/mol. The molecule has 1 saturated heterocycles. The zero-order valence-electron chi connectivity index (χ0n) is 18.0. The first-order valence-corrected chi connectivity index (χ1v) is 11.4. The molecule has 9 heteroatoms. The van der Waals surface area contributed by atoms with Gasteiger partial charge in [0.2, 0.25) is 11.8 Å². The van der Waals surface area contributed by atoms with Gasteiger partial charge in [-0.2, -0.15) is 0 Å². The first kappa shape index (κ1) is 22.2. The van der Waals surface area contributed by atoms with E-state index in [1.807, 2.05) is 0 Å². The van der Waals surface area contributed by atoms with Crippen LogP contribution in [0.25, 0.3) is 0 Å². The Morgan fingerprint density at radius 1 is 1.03 bits per heavy atom. The number of urea groups is 1. The summed E-state index contributed by atoms with van der Waals surface area (Å²) >= 11 is 0. The number of amides is 5. The molecule has 0 unspecified atom stereocenters. The first-order chi connectivity index (χ1) is 15.4. The van der Waals surface area contributed by atoms with Crippen LogP contribution in [0.4, 0.5) is 20.6 Å². The van der Waals surface area contributed by atoms with Crippen LogP contribution in [0.3, 0.4) is 0 Å². The van der Waals surface area contributed by atoms with Gasteiger partial charge in [0, 0.05) is 11.6 Å². The van der Waals surface area contributed by atoms with Crippen LogP contribution >= 0.6 is 0 Å². The summed E-state index contributed by atoms with van der Waals surface area (Å²) in [5, 5.41) is 7.98. The van der Waals surface area contributed by atoms with E-state index in [2.05, 4.69) is 16.0 Å². The number of rotatable bonds is 5. The molecule has 3 fully saturated rings.